The Morgan fingerprint density at radius 2 is 1.87 bits per heavy atom. The van der Waals surface area contributed by atoms with Gasteiger partial charge in [-0.3, -0.25) is 0 Å². The van der Waals surface area contributed by atoms with Crippen LogP contribution in [0.25, 0.3) is 0 Å². The minimum atomic E-state index is -1.74. The van der Waals surface area contributed by atoms with Crippen LogP contribution in [-0.4, -0.2) is 26.1 Å². The van der Waals surface area contributed by atoms with Crippen LogP contribution in [0.5, 0.6) is 0 Å². The third-order valence-electron chi connectivity index (χ3n) is 2.74. The fraction of sp³-hybridized carbons (Fsp3) is 0.800. The summed E-state index contributed by atoms with van der Waals surface area (Å²) in [5.41, 5.74) is 0. The van der Waals surface area contributed by atoms with Crippen LogP contribution in [0, 0.1) is 0 Å². The number of aliphatic hydroxyl groups is 1. The summed E-state index contributed by atoms with van der Waals surface area (Å²) in [5.74, 6) is 0. The predicted octanol–water partition coefficient (Wildman–Crippen LogP) is 4.00. The number of aliphatic hydroxyl groups excluding tert-OH is 1. The molecule has 1 N–H and O–H groups in total. The fourth-order valence-corrected chi connectivity index (χ4v) is 2.33. The van der Waals surface area contributed by atoms with Crippen molar-refractivity contribution in [3.05, 3.63) is 9.47 Å². The molecule has 0 aromatic rings. The lowest BCUT2D eigenvalue weighted by Gasteiger charge is -2.36. The average molecular weight is 360 g/mol. The molecule has 0 aliphatic carbocycles. The van der Waals surface area contributed by atoms with E-state index < -0.39 is 14.4 Å². The SMILES string of the molecule is CC(C)(C)[Si](C)(C)OC[C@@H](O)C=C(Br)Br. The van der Waals surface area contributed by atoms with Crippen molar-refractivity contribution in [2.24, 2.45) is 0 Å². The summed E-state index contributed by atoms with van der Waals surface area (Å²) in [4.78, 5) is 0. The molecule has 0 unspecified atom stereocenters. The zero-order valence-corrected chi connectivity index (χ0v) is 14.1. The lowest BCUT2D eigenvalue weighted by Crippen LogP contribution is -2.42. The Balaban J connectivity index is 4.22. The lowest BCUT2D eigenvalue weighted by atomic mass is 10.2. The molecule has 90 valence electrons. The molecule has 0 fully saturated rings. The first-order chi connectivity index (χ1) is 6.56. The lowest BCUT2D eigenvalue weighted by molar-refractivity contribution is 0.135. The summed E-state index contributed by atoms with van der Waals surface area (Å²) in [5, 5.41) is 9.79. The quantitative estimate of drug-likeness (QED) is 0.768. The van der Waals surface area contributed by atoms with Crippen molar-refractivity contribution in [2.75, 3.05) is 6.61 Å². The molecular formula is C10H20Br2O2Si. The average Bonchev–Trinajstić information content (AvgIpc) is 1.97. The molecule has 0 amide bonds. The van der Waals surface area contributed by atoms with Crippen molar-refractivity contribution >= 4 is 40.2 Å². The molecule has 2 nitrogen and oxygen atoms in total. The van der Waals surface area contributed by atoms with E-state index in [0.717, 1.165) is 3.39 Å². The molecule has 5 heteroatoms. The zero-order chi connectivity index (χ0) is 12.3. The molecular weight excluding hydrogens is 340 g/mol. The smallest absolute Gasteiger partial charge is 0.192 e. The van der Waals surface area contributed by atoms with E-state index in [1.54, 1.807) is 6.08 Å². The topological polar surface area (TPSA) is 29.5 Å². The first-order valence-corrected chi connectivity index (χ1v) is 9.40. The molecule has 0 aliphatic rings. The van der Waals surface area contributed by atoms with Crippen molar-refractivity contribution < 1.29 is 9.53 Å². The van der Waals surface area contributed by atoms with Gasteiger partial charge in [0.1, 0.15) is 0 Å². The van der Waals surface area contributed by atoms with Gasteiger partial charge in [-0.2, -0.15) is 0 Å². The van der Waals surface area contributed by atoms with E-state index in [9.17, 15) is 5.11 Å². The maximum atomic E-state index is 9.61. The maximum absolute atomic E-state index is 9.61. The molecule has 0 heterocycles. The van der Waals surface area contributed by atoms with Crippen LogP contribution < -0.4 is 0 Å². The van der Waals surface area contributed by atoms with Crippen molar-refractivity contribution in [3.8, 4) is 0 Å². The van der Waals surface area contributed by atoms with Crippen LogP contribution in [0.15, 0.2) is 9.47 Å². The molecule has 0 spiro atoms. The van der Waals surface area contributed by atoms with Crippen LogP contribution in [0.2, 0.25) is 18.1 Å². The first kappa shape index (κ1) is 15.8. The second kappa shape index (κ2) is 5.96. The normalized spacial score (nSPS) is 14.9. The van der Waals surface area contributed by atoms with Crippen molar-refractivity contribution in [2.45, 2.75) is 45.0 Å². The molecule has 0 rings (SSSR count). The molecule has 0 aromatic carbocycles. The van der Waals surface area contributed by atoms with Gasteiger partial charge in [-0.25, -0.2) is 0 Å². The van der Waals surface area contributed by atoms with Gasteiger partial charge in [0, 0.05) is 0 Å². The Morgan fingerprint density at radius 1 is 1.40 bits per heavy atom. The maximum Gasteiger partial charge on any atom is 0.192 e. The van der Waals surface area contributed by atoms with E-state index in [1.807, 2.05) is 0 Å². The Bertz CT molecular complexity index is 230. The van der Waals surface area contributed by atoms with Gasteiger partial charge in [0.25, 0.3) is 0 Å². The second-order valence-corrected chi connectivity index (χ2v) is 12.7. The molecule has 0 aromatic heterocycles. The Hall–Kier alpha value is 0.837. The molecule has 15 heavy (non-hydrogen) atoms. The van der Waals surface area contributed by atoms with E-state index in [4.69, 9.17) is 4.43 Å². The van der Waals surface area contributed by atoms with Crippen LogP contribution >= 0.6 is 31.9 Å². The third kappa shape index (κ3) is 6.21. The predicted molar refractivity (Wildman–Crippen MR) is 75.1 cm³/mol. The van der Waals surface area contributed by atoms with Gasteiger partial charge in [0.15, 0.2) is 8.32 Å². The van der Waals surface area contributed by atoms with Gasteiger partial charge in [-0.05, 0) is 56.1 Å². The van der Waals surface area contributed by atoms with Gasteiger partial charge < -0.3 is 9.53 Å². The van der Waals surface area contributed by atoms with Crippen molar-refractivity contribution in [1.82, 2.24) is 0 Å². The third-order valence-corrected chi connectivity index (χ3v) is 7.77. The Labute approximate surface area is 110 Å². The molecule has 0 bridgehead atoms. The Morgan fingerprint density at radius 3 is 2.20 bits per heavy atom. The highest BCUT2D eigenvalue weighted by atomic mass is 79.9. The molecule has 1 atom stereocenters. The largest absolute Gasteiger partial charge is 0.414 e. The Kier molecular flexibility index (Phi) is 6.29. The summed E-state index contributed by atoms with van der Waals surface area (Å²) in [6, 6.07) is 0. The summed E-state index contributed by atoms with van der Waals surface area (Å²) >= 11 is 6.42. The summed E-state index contributed by atoms with van der Waals surface area (Å²) in [6.45, 7) is 11.3. The second-order valence-electron chi connectivity index (χ2n) is 5.09. The van der Waals surface area contributed by atoms with Crippen LogP contribution in [-0.2, 0) is 4.43 Å². The van der Waals surface area contributed by atoms with E-state index >= 15 is 0 Å². The monoisotopic (exact) mass is 358 g/mol. The highest BCUT2D eigenvalue weighted by Crippen LogP contribution is 2.36. The number of hydrogen-bond donors (Lipinski definition) is 1. The van der Waals surface area contributed by atoms with E-state index in [0.29, 0.717) is 6.61 Å². The van der Waals surface area contributed by atoms with E-state index in [1.165, 1.54) is 0 Å². The standard InChI is InChI=1S/C10H20Br2O2Si/c1-10(2,3)15(4,5)14-7-8(13)6-9(11)12/h6,8,13H,7H2,1-5H3/t8-/m0/s1. The van der Waals surface area contributed by atoms with Gasteiger partial charge in [-0.1, -0.05) is 20.8 Å². The van der Waals surface area contributed by atoms with Crippen LogP contribution in [0.3, 0.4) is 0 Å². The van der Waals surface area contributed by atoms with Crippen molar-refractivity contribution in [1.29, 1.82) is 0 Å². The summed E-state index contributed by atoms with van der Waals surface area (Å²) in [7, 11) is -1.74. The highest BCUT2D eigenvalue weighted by Gasteiger charge is 2.37. The van der Waals surface area contributed by atoms with E-state index in [-0.39, 0.29) is 5.04 Å². The number of rotatable bonds is 4. The van der Waals surface area contributed by atoms with Crippen molar-refractivity contribution in [3.63, 3.8) is 0 Å². The first-order valence-electron chi connectivity index (χ1n) is 4.91. The van der Waals surface area contributed by atoms with Gasteiger partial charge >= 0.3 is 0 Å². The minimum absolute atomic E-state index is 0.183. The molecule has 0 radical (unpaired) electrons. The zero-order valence-electron chi connectivity index (χ0n) is 9.97. The van der Waals surface area contributed by atoms with Gasteiger partial charge in [0.2, 0.25) is 0 Å². The molecule has 0 saturated carbocycles. The number of hydrogen-bond acceptors (Lipinski definition) is 2. The molecule has 0 aliphatic heterocycles. The van der Waals surface area contributed by atoms with Gasteiger partial charge in [0.05, 0.1) is 16.1 Å². The summed E-state index contributed by atoms with van der Waals surface area (Å²) in [6.07, 6.45) is 1.11. The van der Waals surface area contributed by atoms with Crippen LogP contribution in [0.1, 0.15) is 20.8 Å². The fourth-order valence-electron chi connectivity index (χ4n) is 0.704. The van der Waals surface area contributed by atoms with Gasteiger partial charge in [-0.15, -0.1) is 0 Å². The van der Waals surface area contributed by atoms with Crippen LogP contribution in [0.4, 0.5) is 0 Å². The number of halogens is 2. The molecule has 0 saturated heterocycles. The highest BCUT2D eigenvalue weighted by molar-refractivity contribution is 9.28. The minimum Gasteiger partial charge on any atom is -0.414 e. The van der Waals surface area contributed by atoms with E-state index in [2.05, 4.69) is 65.7 Å². The summed E-state index contributed by atoms with van der Waals surface area (Å²) < 4.78 is 6.61.